The van der Waals surface area contributed by atoms with Crippen LogP contribution in [0.2, 0.25) is 0 Å². The highest BCUT2D eigenvalue weighted by Crippen LogP contribution is 2.50. The molecule has 6 heteroatoms. The summed E-state index contributed by atoms with van der Waals surface area (Å²) in [6.45, 7) is 12.6. The summed E-state index contributed by atoms with van der Waals surface area (Å²) in [5.74, 6) is -0.333. The van der Waals surface area contributed by atoms with E-state index in [1.54, 1.807) is 0 Å². The molecular weight excluding hydrogens is 391 g/mol. The Labute approximate surface area is 185 Å². The Morgan fingerprint density at radius 2 is 1.94 bits per heavy atom. The molecule has 0 radical (unpaired) electrons. The molecule has 0 saturated carbocycles. The third-order valence-corrected chi connectivity index (χ3v) is 6.21. The molecule has 4 heterocycles. The van der Waals surface area contributed by atoms with Crippen LogP contribution >= 0.6 is 0 Å². The molecule has 0 amide bonds. The number of fused-ring (bicyclic) bond motifs is 2. The van der Waals surface area contributed by atoms with Crippen LogP contribution in [0.5, 0.6) is 0 Å². The lowest BCUT2D eigenvalue weighted by Crippen LogP contribution is -2.48. The van der Waals surface area contributed by atoms with Crippen LogP contribution in [0, 0.1) is 6.92 Å². The van der Waals surface area contributed by atoms with Gasteiger partial charge in [-0.05, 0) is 64.3 Å². The number of allylic oxidation sites excluding steroid dienone is 1. The van der Waals surface area contributed by atoms with Crippen molar-refractivity contribution in [1.82, 2.24) is 14.9 Å². The normalized spacial score (nSPS) is 21.2. The number of halogens is 1. The van der Waals surface area contributed by atoms with Crippen molar-refractivity contribution in [2.75, 3.05) is 20.1 Å². The first-order chi connectivity index (χ1) is 14.8. The predicted octanol–water partition coefficient (Wildman–Crippen LogP) is 5.16. The lowest BCUT2D eigenvalue weighted by molar-refractivity contribution is -0.101. The second kappa shape index (κ2) is 9.79. The maximum absolute atomic E-state index is 10.8. The maximum Gasteiger partial charge on any atom is 0.128 e. The van der Waals surface area contributed by atoms with Gasteiger partial charge >= 0.3 is 0 Å². The third kappa shape index (κ3) is 5.08. The first-order valence-corrected chi connectivity index (χ1v) is 10.8. The van der Waals surface area contributed by atoms with Crippen LogP contribution in [0.1, 0.15) is 62.2 Å². The Hall–Kier alpha value is -2.44. The summed E-state index contributed by atoms with van der Waals surface area (Å²) in [5, 5.41) is 0. The van der Waals surface area contributed by atoms with E-state index in [0.29, 0.717) is 6.04 Å². The van der Waals surface area contributed by atoms with E-state index in [2.05, 4.69) is 54.4 Å². The third-order valence-electron chi connectivity index (χ3n) is 6.21. The molecule has 0 aromatic carbocycles. The fraction of sp³-hybridized carbons (Fsp3) is 0.480. The van der Waals surface area contributed by atoms with Crippen molar-refractivity contribution in [3.63, 3.8) is 0 Å². The Bertz CT molecular complexity index is 946. The molecule has 2 aliphatic rings. The van der Waals surface area contributed by atoms with Gasteiger partial charge in [-0.1, -0.05) is 12.6 Å². The zero-order valence-electron chi connectivity index (χ0n) is 19.2. The molecule has 2 aromatic rings. The lowest BCUT2D eigenvalue weighted by atomic mass is 9.86. The number of ether oxygens (including phenoxy) is 1. The van der Waals surface area contributed by atoms with Crippen molar-refractivity contribution in [2.24, 2.45) is 4.99 Å². The molecule has 2 unspecified atom stereocenters. The number of hydrogen-bond donors (Lipinski definition) is 0. The molecule has 1 saturated heterocycles. The van der Waals surface area contributed by atoms with Crippen molar-refractivity contribution in [2.45, 2.75) is 58.3 Å². The molecule has 0 N–H and O–H groups in total. The molecule has 2 aliphatic heterocycles. The van der Waals surface area contributed by atoms with Gasteiger partial charge < -0.3 is 4.74 Å². The summed E-state index contributed by atoms with van der Waals surface area (Å²) in [6.07, 6.45) is 5.52. The number of rotatable bonds is 3. The molecule has 1 spiro atoms. The zero-order chi connectivity index (χ0) is 22.6. The SMILES string of the molecule is C=C(C)F.CN=C(C)C(C)N1CCC2(CC1)OC(c1cc(C)ccn1)c1cccnc12. The van der Waals surface area contributed by atoms with Gasteiger partial charge in [-0.2, -0.15) is 0 Å². The molecule has 2 aromatic heterocycles. The molecule has 0 bridgehead atoms. The van der Waals surface area contributed by atoms with Gasteiger partial charge in [0.15, 0.2) is 0 Å². The molecule has 5 nitrogen and oxygen atoms in total. The fourth-order valence-electron chi connectivity index (χ4n) is 4.36. The Balaban J connectivity index is 0.000000628. The fourth-order valence-corrected chi connectivity index (χ4v) is 4.36. The number of aryl methyl sites for hydroxylation is 1. The van der Waals surface area contributed by atoms with Gasteiger partial charge in [0.1, 0.15) is 11.7 Å². The molecule has 31 heavy (non-hydrogen) atoms. The van der Waals surface area contributed by atoms with Gasteiger partial charge in [0, 0.05) is 49.8 Å². The number of aromatic nitrogens is 2. The average Bonchev–Trinajstić information content (AvgIpc) is 3.07. The van der Waals surface area contributed by atoms with E-state index in [4.69, 9.17) is 9.72 Å². The zero-order valence-corrected chi connectivity index (χ0v) is 19.2. The maximum atomic E-state index is 10.8. The minimum absolute atomic E-state index is 0.128. The topological polar surface area (TPSA) is 50.6 Å². The molecule has 0 aliphatic carbocycles. The highest BCUT2D eigenvalue weighted by atomic mass is 19.1. The summed E-state index contributed by atoms with van der Waals surface area (Å²) in [7, 11) is 1.87. The highest BCUT2D eigenvalue weighted by Gasteiger charge is 2.49. The minimum Gasteiger partial charge on any atom is -0.354 e. The van der Waals surface area contributed by atoms with Crippen LogP contribution in [0.25, 0.3) is 0 Å². The largest absolute Gasteiger partial charge is 0.354 e. The molecule has 166 valence electrons. The number of aliphatic imine (C=N–C) groups is 1. The molecular formula is C25H33FN4O. The van der Waals surface area contributed by atoms with Crippen LogP contribution in [-0.4, -0.2) is 46.8 Å². The summed E-state index contributed by atoms with van der Waals surface area (Å²) in [6, 6.07) is 8.66. The van der Waals surface area contributed by atoms with E-state index in [1.807, 2.05) is 31.6 Å². The Kier molecular flexibility index (Phi) is 7.34. The van der Waals surface area contributed by atoms with Gasteiger partial charge in [-0.25, -0.2) is 4.39 Å². The molecule has 1 fully saturated rings. The molecule has 2 atom stereocenters. The second-order valence-corrected chi connectivity index (χ2v) is 8.44. The van der Waals surface area contributed by atoms with Gasteiger partial charge in [0.05, 0.1) is 17.2 Å². The first-order valence-electron chi connectivity index (χ1n) is 10.8. The Morgan fingerprint density at radius 1 is 1.26 bits per heavy atom. The average molecular weight is 425 g/mol. The minimum atomic E-state index is -0.333. The van der Waals surface area contributed by atoms with Crippen LogP contribution in [-0.2, 0) is 10.3 Å². The van der Waals surface area contributed by atoms with Crippen molar-refractivity contribution in [3.8, 4) is 0 Å². The monoisotopic (exact) mass is 424 g/mol. The first kappa shape index (κ1) is 23.2. The van der Waals surface area contributed by atoms with E-state index >= 15 is 0 Å². The van der Waals surface area contributed by atoms with Crippen LogP contribution in [0.3, 0.4) is 0 Å². The van der Waals surface area contributed by atoms with E-state index in [1.165, 1.54) is 23.8 Å². The van der Waals surface area contributed by atoms with Crippen molar-refractivity contribution < 1.29 is 9.13 Å². The van der Waals surface area contributed by atoms with Crippen molar-refractivity contribution in [1.29, 1.82) is 0 Å². The van der Waals surface area contributed by atoms with E-state index in [-0.39, 0.29) is 17.5 Å². The van der Waals surface area contributed by atoms with Crippen molar-refractivity contribution in [3.05, 3.63) is 71.6 Å². The van der Waals surface area contributed by atoms with Gasteiger partial charge in [0.25, 0.3) is 0 Å². The summed E-state index contributed by atoms with van der Waals surface area (Å²) < 4.78 is 17.5. The standard InChI is InChI=1S/C22H28N4O.C3H5F/c1-15-7-11-24-19(14-15)20-18-6-5-10-25-21(18)22(27-20)8-12-26(13-9-22)17(3)16(2)23-4;1-3(2)4/h5-7,10-11,14,17,20H,8-9,12-13H2,1-4H3;1H2,2H3. The second-order valence-electron chi connectivity index (χ2n) is 8.44. The van der Waals surface area contributed by atoms with E-state index in [9.17, 15) is 4.39 Å². The lowest BCUT2D eigenvalue weighted by Gasteiger charge is -2.41. The van der Waals surface area contributed by atoms with Gasteiger partial charge in [0.2, 0.25) is 0 Å². The predicted molar refractivity (Wildman–Crippen MR) is 123 cm³/mol. The van der Waals surface area contributed by atoms with Gasteiger partial charge in [-0.15, -0.1) is 0 Å². The van der Waals surface area contributed by atoms with Crippen molar-refractivity contribution >= 4 is 5.71 Å². The number of nitrogens with zero attached hydrogens (tertiary/aromatic N) is 4. The number of hydrogen-bond acceptors (Lipinski definition) is 5. The highest BCUT2D eigenvalue weighted by molar-refractivity contribution is 5.86. The van der Waals surface area contributed by atoms with Crippen LogP contribution in [0.4, 0.5) is 4.39 Å². The van der Waals surface area contributed by atoms with E-state index in [0.717, 1.165) is 37.3 Å². The smallest absolute Gasteiger partial charge is 0.128 e. The number of likely N-dealkylation sites (tertiary alicyclic amines) is 1. The Morgan fingerprint density at radius 3 is 2.55 bits per heavy atom. The summed E-state index contributed by atoms with van der Waals surface area (Å²) in [5.41, 5.74) is 5.33. The number of pyridine rings is 2. The van der Waals surface area contributed by atoms with E-state index < -0.39 is 0 Å². The number of piperidine rings is 1. The van der Waals surface area contributed by atoms with Crippen LogP contribution in [0.15, 0.2) is 54.1 Å². The quantitative estimate of drug-likeness (QED) is 0.638. The summed E-state index contributed by atoms with van der Waals surface area (Å²) in [4.78, 5) is 16.2. The molecule has 4 rings (SSSR count). The van der Waals surface area contributed by atoms with Gasteiger partial charge in [-0.3, -0.25) is 19.9 Å². The summed E-state index contributed by atoms with van der Waals surface area (Å²) >= 11 is 0. The van der Waals surface area contributed by atoms with Crippen LogP contribution < -0.4 is 0 Å².